The number of carbonyl (C=O) groups excluding carboxylic acids is 1. The average molecular weight is 203 g/mol. The van der Waals surface area contributed by atoms with Gasteiger partial charge in [0.2, 0.25) is 5.91 Å². The van der Waals surface area contributed by atoms with E-state index in [0.29, 0.717) is 11.7 Å². The van der Waals surface area contributed by atoms with E-state index in [0.717, 1.165) is 12.8 Å². The topological polar surface area (TPSA) is 57.8 Å². The number of carbonyl (C=O) groups is 1. The summed E-state index contributed by atoms with van der Waals surface area (Å²) in [5.74, 6) is -0.00907. The van der Waals surface area contributed by atoms with Crippen molar-refractivity contribution in [3.05, 3.63) is 24.0 Å². The molecule has 2 rings (SSSR count). The van der Waals surface area contributed by atoms with Crippen molar-refractivity contribution in [3.63, 3.8) is 0 Å². The van der Waals surface area contributed by atoms with E-state index in [1.54, 1.807) is 29.8 Å². The Balaban J connectivity index is 2.09. The summed E-state index contributed by atoms with van der Waals surface area (Å²) < 4.78 is 1.69. The van der Waals surface area contributed by atoms with E-state index in [4.69, 9.17) is 5.26 Å². The van der Waals surface area contributed by atoms with E-state index in [1.165, 1.54) is 0 Å². The van der Waals surface area contributed by atoms with Crippen molar-refractivity contribution in [2.45, 2.75) is 31.8 Å². The molecule has 4 nitrogen and oxygen atoms in total. The molecule has 0 radical (unpaired) electrons. The van der Waals surface area contributed by atoms with Crippen molar-refractivity contribution >= 4 is 5.91 Å². The summed E-state index contributed by atoms with van der Waals surface area (Å²) >= 11 is 0. The highest BCUT2D eigenvalue weighted by Crippen LogP contribution is 2.20. The van der Waals surface area contributed by atoms with Crippen molar-refractivity contribution in [3.8, 4) is 6.07 Å². The smallest absolute Gasteiger partial charge is 0.243 e. The zero-order chi connectivity index (χ0) is 10.8. The Kier molecular flexibility index (Phi) is 2.46. The minimum atomic E-state index is -0.310. The van der Waals surface area contributed by atoms with Crippen LogP contribution in [0.1, 0.15) is 31.5 Å². The van der Waals surface area contributed by atoms with E-state index >= 15 is 0 Å². The van der Waals surface area contributed by atoms with E-state index in [9.17, 15) is 4.79 Å². The number of nitriles is 1. The van der Waals surface area contributed by atoms with Crippen LogP contribution in [0.15, 0.2) is 18.3 Å². The van der Waals surface area contributed by atoms with Crippen molar-refractivity contribution in [1.29, 1.82) is 5.26 Å². The molecule has 1 fully saturated rings. The Labute approximate surface area is 88.5 Å². The van der Waals surface area contributed by atoms with Gasteiger partial charge in [-0.15, -0.1) is 0 Å². The van der Waals surface area contributed by atoms with Gasteiger partial charge in [-0.2, -0.15) is 5.26 Å². The van der Waals surface area contributed by atoms with Gasteiger partial charge in [0.15, 0.2) is 0 Å². The molecule has 0 bridgehead atoms. The van der Waals surface area contributed by atoms with E-state index in [1.807, 2.05) is 0 Å². The van der Waals surface area contributed by atoms with Gasteiger partial charge in [-0.05, 0) is 31.9 Å². The fourth-order valence-electron chi connectivity index (χ4n) is 1.50. The minimum absolute atomic E-state index is 0.00907. The third-order valence-corrected chi connectivity index (χ3v) is 2.61. The molecule has 0 spiro atoms. The Bertz CT molecular complexity index is 412. The number of nitrogens with zero attached hydrogens (tertiary/aromatic N) is 2. The second-order valence-corrected chi connectivity index (χ2v) is 3.87. The molecule has 1 heterocycles. The van der Waals surface area contributed by atoms with E-state index < -0.39 is 0 Å². The Hall–Kier alpha value is -1.76. The fraction of sp³-hybridized carbons (Fsp3) is 0.455. The first-order valence-corrected chi connectivity index (χ1v) is 5.09. The fourth-order valence-corrected chi connectivity index (χ4v) is 1.50. The maximum Gasteiger partial charge on any atom is 0.243 e. The normalized spacial score (nSPS) is 16.8. The predicted molar refractivity (Wildman–Crippen MR) is 55.0 cm³/mol. The molecule has 0 aromatic carbocycles. The quantitative estimate of drug-likeness (QED) is 0.802. The van der Waals surface area contributed by atoms with Crippen molar-refractivity contribution < 1.29 is 4.79 Å². The maximum absolute atomic E-state index is 11.7. The first-order valence-electron chi connectivity index (χ1n) is 5.09. The van der Waals surface area contributed by atoms with Gasteiger partial charge < -0.3 is 9.88 Å². The Morgan fingerprint density at radius 2 is 2.47 bits per heavy atom. The van der Waals surface area contributed by atoms with Gasteiger partial charge in [-0.3, -0.25) is 4.79 Å². The van der Waals surface area contributed by atoms with Crippen LogP contribution >= 0.6 is 0 Å². The lowest BCUT2D eigenvalue weighted by Gasteiger charge is -2.14. The summed E-state index contributed by atoms with van der Waals surface area (Å²) in [6.07, 6.45) is 3.92. The van der Waals surface area contributed by atoms with Crippen molar-refractivity contribution in [1.82, 2.24) is 9.88 Å². The molecule has 1 aromatic heterocycles. The summed E-state index contributed by atoms with van der Waals surface area (Å²) in [6.45, 7) is 1.80. The number of amides is 1. The standard InChI is InChI=1S/C11H13N3O/c1-8(11(15)13-9-4-5-9)14-6-2-3-10(14)7-12/h2-3,6,8-9H,4-5H2,1H3,(H,13,15). The predicted octanol–water partition coefficient (Wildman–Crippen LogP) is 1.20. The number of rotatable bonds is 3. The molecule has 15 heavy (non-hydrogen) atoms. The third kappa shape index (κ3) is 2.01. The first-order chi connectivity index (χ1) is 7.22. The molecular formula is C11H13N3O. The highest BCUT2D eigenvalue weighted by atomic mass is 16.2. The molecule has 4 heteroatoms. The van der Waals surface area contributed by atoms with Gasteiger partial charge in [0.05, 0.1) is 0 Å². The van der Waals surface area contributed by atoms with Gasteiger partial charge in [0, 0.05) is 12.2 Å². The number of nitrogens with one attached hydrogen (secondary N) is 1. The van der Waals surface area contributed by atoms with Crippen LogP contribution < -0.4 is 5.32 Å². The monoisotopic (exact) mass is 203 g/mol. The zero-order valence-corrected chi connectivity index (χ0v) is 8.60. The SMILES string of the molecule is CC(C(=O)NC1CC1)n1cccc1C#N. The van der Waals surface area contributed by atoms with E-state index in [2.05, 4.69) is 11.4 Å². The van der Waals surface area contributed by atoms with Crippen LogP contribution in [0.25, 0.3) is 0 Å². The summed E-state index contributed by atoms with van der Waals surface area (Å²) in [6, 6.07) is 5.60. The van der Waals surface area contributed by atoms with Crippen molar-refractivity contribution in [2.75, 3.05) is 0 Å². The van der Waals surface area contributed by atoms with Gasteiger partial charge in [0.1, 0.15) is 17.8 Å². The molecule has 0 saturated heterocycles. The molecule has 1 aromatic rings. The summed E-state index contributed by atoms with van der Waals surface area (Å²) in [7, 11) is 0. The first kappa shape index (κ1) is 9.78. The van der Waals surface area contributed by atoms with Crippen LogP contribution in [0.5, 0.6) is 0 Å². The third-order valence-electron chi connectivity index (χ3n) is 2.61. The number of hydrogen-bond acceptors (Lipinski definition) is 2. The van der Waals surface area contributed by atoms with Crippen LogP contribution in [-0.4, -0.2) is 16.5 Å². The average Bonchev–Trinajstić information content (AvgIpc) is 2.92. The van der Waals surface area contributed by atoms with Crippen LogP contribution in [0.4, 0.5) is 0 Å². The maximum atomic E-state index is 11.7. The lowest BCUT2D eigenvalue weighted by molar-refractivity contribution is -0.124. The molecule has 1 aliphatic rings. The molecule has 1 aliphatic carbocycles. The van der Waals surface area contributed by atoms with Gasteiger partial charge in [-0.25, -0.2) is 0 Å². The largest absolute Gasteiger partial charge is 0.352 e. The van der Waals surface area contributed by atoms with Crippen LogP contribution in [0.2, 0.25) is 0 Å². The van der Waals surface area contributed by atoms with Crippen LogP contribution in [0, 0.1) is 11.3 Å². The zero-order valence-electron chi connectivity index (χ0n) is 8.60. The molecule has 0 aliphatic heterocycles. The highest BCUT2D eigenvalue weighted by molar-refractivity contribution is 5.80. The Morgan fingerprint density at radius 1 is 1.73 bits per heavy atom. The second-order valence-electron chi connectivity index (χ2n) is 3.87. The number of hydrogen-bond donors (Lipinski definition) is 1. The minimum Gasteiger partial charge on any atom is -0.352 e. The van der Waals surface area contributed by atoms with Gasteiger partial charge in [0.25, 0.3) is 0 Å². The van der Waals surface area contributed by atoms with Crippen molar-refractivity contribution in [2.24, 2.45) is 0 Å². The summed E-state index contributed by atoms with van der Waals surface area (Å²) in [5.41, 5.74) is 0.522. The van der Waals surface area contributed by atoms with Gasteiger partial charge in [-0.1, -0.05) is 0 Å². The second kappa shape index (κ2) is 3.77. The van der Waals surface area contributed by atoms with Gasteiger partial charge >= 0.3 is 0 Å². The summed E-state index contributed by atoms with van der Waals surface area (Å²) in [5, 5.41) is 11.8. The van der Waals surface area contributed by atoms with Crippen LogP contribution in [0.3, 0.4) is 0 Å². The molecule has 1 unspecified atom stereocenters. The lowest BCUT2D eigenvalue weighted by Crippen LogP contribution is -2.32. The molecule has 1 amide bonds. The molecule has 1 atom stereocenters. The number of aromatic nitrogens is 1. The summed E-state index contributed by atoms with van der Waals surface area (Å²) in [4.78, 5) is 11.7. The Morgan fingerprint density at radius 3 is 3.07 bits per heavy atom. The van der Waals surface area contributed by atoms with E-state index in [-0.39, 0.29) is 11.9 Å². The molecular weight excluding hydrogens is 190 g/mol. The molecule has 1 N–H and O–H groups in total. The van der Waals surface area contributed by atoms with Crippen LogP contribution in [-0.2, 0) is 4.79 Å². The molecule has 1 saturated carbocycles. The lowest BCUT2D eigenvalue weighted by atomic mass is 10.3. The highest BCUT2D eigenvalue weighted by Gasteiger charge is 2.26. The molecule has 78 valence electrons.